The molecule has 0 spiro atoms. The number of hydrogen-bond acceptors (Lipinski definition) is 6. The molecule has 7 nitrogen and oxygen atoms in total. The lowest BCUT2D eigenvalue weighted by molar-refractivity contribution is 0.103. The second-order valence-corrected chi connectivity index (χ2v) is 16.4. The number of ether oxygens (including phenoxy) is 1. The molecule has 1 aromatic heterocycles. The summed E-state index contributed by atoms with van der Waals surface area (Å²) in [5.41, 5.74) is 4.42. The Morgan fingerprint density at radius 2 is 1.30 bits per heavy atom. The van der Waals surface area contributed by atoms with E-state index in [-0.39, 0.29) is 40.1 Å². The molecular formula is C46H59N3O4. The van der Waals surface area contributed by atoms with Crippen LogP contribution >= 0.6 is 0 Å². The highest BCUT2D eigenvalue weighted by Crippen LogP contribution is 2.42. The third-order valence-corrected chi connectivity index (χ3v) is 10.1. The van der Waals surface area contributed by atoms with E-state index in [0.717, 1.165) is 35.9 Å². The quantitative estimate of drug-likeness (QED) is 0.0652. The number of hydrogen-bond donors (Lipinski definition) is 2. The predicted octanol–water partition coefficient (Wildman–Crippen LogP) is 11.7. The Bertz CT molecular complexity index is 1920. The normalized spacial score (nSPS) is 12.0. The number of aromatic nitrogens is 3. The maximum atomic E-state index is 13.7. The molecular weight excluding hydrogens is 659 g/mol. The highest BCUT2D eigenvalue weighted by atomic mass is 16.5. The van der Waals surface area contributed by atoms with Gasteiger partial charge in [-0.3, -0.25) is 4.79 Å². The monoisotopic (exact) mass is 717 g/mol. The van der Waals surface area contributed by atoms with Crippen LogP contribution in [-0.4, -0.2) is 37.6 Å². The van der Waals surface area contributed by atoms with E-state index < -0.39 is 0 Å². The molecule has 0 bridgehead atoms. The topological polar surface area (TPSA) is 97.5 Å². The second-order valence-electron chi connectivity index (χ2n) is 16.4. The molecule has 0 aliphatic carbocycles. The van der Waals surface area contributed by atoms with Crippen molar-refractivity contribution in [3.63, 3.8) is 0 Å². The van der Waals surface area contributed by atoms with Crippen LogP contribution in [0.4, 0.5) is 0 Å². The van der Waals surface area contributed by atoms with Crippen molar-refractivity contribution in [1.29, 1.82) is 0 Å². The zero-order chi connectivity index (χ0) is 38.0. The minimum atomic E-state index is -0.275. The van der Waals surface area contributed by atoms with Crippen LogP contribution in [-0.2, 0) is 11.8 Å². The zero-order valence-electron chi connectivity index (χ0n) is 32.8. The lowest BCUT2D eigenvalue weighted by atomic mass is 9.72. The van der Waals surface area contributed by atoms with Gasteiger partial charge in [0.15, 0.2) is 5.78 Å². The van der Waals surface area contributed by atoms with Gasteiger partial charge in [0.1, 0.15) is 34.0 Å². The molecule has 282 valence electrons. The molecule has 0 aliphatic rings. The highest BCUT2D eigenvalue weighted by Gasteiger charge is 2.30. The van der Waals surface area contributed by atoms with Gasteiger partial charge in [-0.2, -0.15) is 0 Å². The number of aromatic hydroxyl groups is 2. The van der Waals surface area contributed by atoms with Gasteiger partial charge in [0.25, 0.3) is 0 Å². The summed E-state index contributed by atoms with van der Waals surface area (Å²) >= 11 is 0. The zero-order valence-corrected chi connectivity index (χ0v) is 32.8. The lowest BCUT2D eigenvalue weighted by Crippen LogP contribution is -2.25. The number of unbranched alkanes of at least 4 members (excludes halogenated alkanes) is 9. The minimum absolute atomic E-state index is 0.0143. The van der Waals surface area contributed by atoms with Gasteiger partial charge in [-0.15, -0.1) is 15.0 Å². The van der Waals surface area contributed by atoms with Crippen molar-refractivity contribution in [2.75, 3.05) is 6.61 Å². The Morgan fingerprint density at radius 1 is 0.717 bits per heavy atom. The molecule has 0 saturated heterocycles. The third-order valence-electron chi connectivity index (χ3n) is 10.1. The van der Waals surface area contributed by atoms with Crippen molar-refractivity contribution >= 4 is 16.8 Å². The van der Waals surface area contributed by atoms with Gasteiger partial charge in [0, 0.05) is 23.1 Å². The molecule has 0 amide bonds. The molecule has 2 N–H and O–H groups in total. The largest absolute Gasteiger partial charge is 0.507 e. The Labute approximate surface area is 316 Å². The average molecular weight is 718 g/mol. The number of phenolic OH excluding ortho intramolecular Hbond substituents is 2. The fraction of sp³-hybridized carbons (Fsp3) is 0.457. The van der Waals surface area contributed by atoms with Crippen molar-refractivity contribution in [2.24, 2.45) is 5.41 Å². The smallest absolute Gasteiger partial charge is 0.196 e. The van der Waals surface area contributed by atoms with Crippen molar-refractivity contribution in [3.05, 3.63) is 107 Å². The van der Waals surface area contributed by atoms with E-state index in [4.69, 9.17) is 14.9 Å². The summed E-state index contributed by atoms with van der Waals surface area (Å²) in [6.07, 6.45) is 13.2. The second kappa shape index (κ2) is 17.9. The molecule has 1 heterocycles. The molecule has 0 atom stereocenters. The summed E-state index contributed by atoms with van der Waals surface area (Å²) in [5, 5.41) is 33.3. The summed E-state index contributed by atoms with van der Waals surface area (Å²) in [5.74, 6) is 0.109. The van der Waals surface area contributed by atoms with Crippen LogP contribution in [0.3, 0.4) is 0 Å². The number of fused-ring (bicyclic) bond motifs is 1. The van der Waals surface area contributed by atoms with Crippen molar-refractivity contribution in [3.8, 4) is 22.9 Å². The van der Waals surface area contributed by atoms with Gasteiger partial charge in [-0.1, -0.05) is 148 Å². The Morgan fingerprint density at radius 3 is 1.91 bits per heavy atom. The van der Waals surface area contributed by atoms with E-state index in [0.29, 0.717) is 34.7 Å². The van der Waals surface area contributed by atoms with Gasteiger partial charge in [-0.05, 0) is 59.6 Å². The van der Waals surface area contributed by atoms with E-state index in [9.17, 15) is 15.0 Å². The molecule has 0 aliphatic heterocycles. The van der Waals surface area contributed by atoms with E-state index in [1.165, 1.54) is 56.2 Å². The SMILES string of the molecule is CCCCCCCCCCCCOc1ccc(C(=O)c2ccccc2)c(O)c1Cc1cc(C(C)(C)CC(C)(C)C)cc(-n2nc3ccccc3n2)c1O. The van der Waals surface area contributed by atoms with Gasteiger partial charge in [-0.25, -0.2) is 0 Å². The van der Waals surface area contributed by atoms with E-state index in [1.54, 1.807) is 24.3 Å². The molecule has 4 aromatic carbocycles. The minimum Gasteiger partial charge on any atom is -0.507 e. The number of nitrogens with zero attached hydrogens (tertiary/aromatic N) is 3. The van der Waals surface area contributed by atoms with Gasteiger partial charge in [0.2, 0.25) is 0 Å². The summed E-state index contributed by atoms with van der Waals surface area (Å²) in [6, 6.07) is 24.0. The lowest BCUT2D eigenvalue weighted by Gasteiger charge is -2.33. The number of carbonyl (C=O) groups excluding carboxylic acids is 1. The van der Waals surface area contributed by atoms with Crippen LogP contribution in [0.25, 0.3) is 16.7 Å². The van der Waals surface area contributed by atoms with Gasteiger partial charge in [0.05, 0.1) is 12.2 Å². The fourth-order valence-electron chi connectivity index (χ4n) is 7.57. The molecule has 0 unspecified atom stereocenters. The number of benzene rings is 4. The van der Waals surface area contributed by atoms with E-state index in [2.05, 4.69) is 41.5 Å². The standard InChI is InChI=1S/C46H59N3O4/c1-7-8-9-10-11-12-13-14-15-21-28-53-41-27-26-36(42(50)33-22-17-16-18-23-33)44(52)37(41)30-34-29-35(46(5,6)32-45(2,3)4)31-40(43(34)51)49-47-38-24-19-20-25-39(38)48-49/h16-20,22-27,29,31,51-52H,7-15,21,28,30,32H2,1-6H3. The van der Waals surface area contributed by atoms with E-state index in [1.807, 2.05) is 54.6 Å². The Hall–Kier alpha value is -4.65. The molecule has 0 saturated carbocycles. The van der Waals surface area contributed by atoms with E-state index >= 15 is 0 Å². The van der Waals surface area contributed by atoms with Crippen LogP contribution in [0.5, 0.6) is 17.2 Å². The van der Waals surface area contributed by atoms with Crippen molar-refractivity contribution < 1.29 is 19.7 Å². The predicted molar refractivity (Wildman–Crippen MR) is 216 cm³/mol. The average Bonchev–Trinajstić information content (AvgIpc) is 3.56. The molecule has 5 rings (SSSR count). The molecule has 5 aromatic rings. The number of carbonyl (C=O) groups is 1. The first-order valence-electron chi connectivity index (χ1n) is 19.6. The van der Waals surface area contributed by atoms with Crippen LogP contribution < -0.4 is 4.74 Å². The molecule has 7 heteroatoms. The van der Waals surface area contributed by atoms with Crippen molar-refractivity contribution in [2.45, 2.75) is 124 Å². The highest BCUT2D eigenvalue weighted by molar-refractivity contribution is 6.11. The van der Waals surface area contributed by atoms with Crippen LogP contribution in [0, 0.1) is 5.41 Å². The number of rotatable bonds is 19. The van der Waals surface area contributed by atoms with Crippen LogP contribution in [0.1, 0.15) is 145 Å². The fourth-order valence-corrected chi connectivity index (χ4v) is 7.57. The number of phenols is 2. The van der Waals surface area contributed by atoms with Crippen molar-refractivity contribution in [1.82, 2.24) is 15.0 Å². The first-order chi connectivity index (χ1) is 25.4. The third kappa shape index (κ3) is 10.5. The first-order valence-corrected chi connectivity index (χ1v) is 19.6. The molecule has 53 heavy (non-hydrogen) atoms. The molecule has 0 fully saturated rings. The maximum absolute atomic E-state index is 13.7. The Kier molecular flexibility index (Phi) is 13.4. The summed E-state index contributed by atoms with van der Waals surface area (Å²) in [6.45, 7) is 13.8. The summed E-state index contributed by atoms with van der Waals surface area (Å²) in [4.78, 5) is 15.2. The van der Waals surface area contributed by atoms with Gasteiger partial charge >= 0.3 is 0 Å². The first kappa shape index (κ1) is 39.6. The van der Waals surface area contributed by atoms with Crippen LogP contribution in [0.15, 0.2) is 78.9 Å². The molecule has 0 radical (unpaired) electrons. The summed E-state index contributed by atoms with van der Waals surface area (Å²) < 4.78 is 6.38. The van der Waals surface area contributed by atoms with Gasteiger partial charge < -0.3 is 14.9 Å². The Balaban J connectivity index is 1.48. The summed E-state index contributed by atoms with van der Waals surface area (Å²) in [7, 11) is 0. The number of ketones is 1. The maximum Gasteiger partial charge on any atom is 0.196 e. The van der Waals surface area contributed by atoms with Crippen LogP contribution in [0.2, 0.25) is 0 Å².